The molecule has 2 aliphatic rings. The van der Waals surface area contributed by atoms with Crippen LogP contribution >= 0.6 is 0 Å². The quantitative estimate of drug-likeness (QED) is 0.811. The number of carbonyl (C=O) groups excluding carboxylic acids is 1. The summed E-state index contributed by atoms with van der Waals surface area (Å²) in [5.74, 6) is 6.53. The Hall–Kier alpha value is -1.99. The summed E-state index contributed by atoms with van der Waals surface area (Å²) in [5, 5.41) is 11.1. The molecule has 1 aromatic carbocycles. The van der Waals surface area contributed by atoms with E-state index in [-0.39, 0.29) is 12.0 Å². The predicted octanol–water partition coefficient (Wildman–Crippen LogP) is 2.66. The first kappa shape index (κ1) is 15.9. The first-order valence-corrected chi connectivity index (χ1v) is 8.34. The van der Waals surface area contributed by atoms with Crippen molar-refractivity contribution in [1.29, 1.82) is 0 Å². The van der Waals surface area contributed by atoms with E-state index in [0.29, 0.717) is 32.0 Å². The molecule has 2 fully saturated rings. The van der Waals surface area contributed by atoms with Gasteiger partial charge in [0.25, 0.3) is 0 Å². The van der Waals surface area contributed by atoms with Crippen LogP contribution in [0.3, 0.4) is 0 Å². The van der Waals surface area contributed by atoms with Crippen LogP contribution in [-0.2, 0) is 4.74 Å². The Labute approximate surface area is 137 Å². The molecule has 1 aliphatic carbocycles. The van der Waals surface area contributed by atoms with Crippen LogP contribution in [0.5, 0.6) is 0 Å². The van der Waals surface area contributed by atoms with Crippen LogP contribution in [0.1, 0.15) is 31.7 Å². The molecule has 0 bridgehead atoms. The van der Waals surface area contributed by atoms with Crippen LogP contribution in [0, 0.1) is 23.7 Å². The lowest BCUT2D eigenvalue weighted by Crippen LogP contribution is -2.44. The van der Waals surface area contributed by atoms with Crippen molar-refractivity contribution in [3.8, 4) is 11.8 Å². The van der Waals surface area contributed by atoms with E-state index in [4.69, 9.17) is 4.74 Å². The highest BCUT2D eigenvalue weighted by Crippen LogP contribution is 2.42. The second kappa shape index (κ2) is 6.64. The van der Waals surface area contributed by atoms with Gasteiger partial charge in [-0.05, 0) is 44.2 Å². The van der Waals surface area contributed by atoms with Crippen LogP contribution in [0.15, 0.2) is 30.3 Å². The van der Waals surface area contributed by atoms with E-state index < -0.39 is 5.60 Å². The summed E-state index contributed by atoms with van der Waals surface area (Å²) in [4.78, 5) is 13.7. The molecule has 3 unspecified atom stereocenters. The molecular formula is C19H23NO3. The molecule has 23 heavy (non-hydrogen) atoms. The summed E-state index contributed by atoms with van der Waals surface area (Å²) in [6.45, 7) is 3.38. The highest BCUT2D eigenvalue weighted by atomic mass is 16.6. The minimum absolute atomic E-state index is 0.0110. The predicted molar refractivity (Wildman–Crippen MR) is 87.7 cm³/mol. The molecule has 3 rings (SSSR count). The summed E-state index contributed by atoms with van der Waals surface area (Å²) in [6.07, 6.45) is 2.37. The van der Waals surface area contributed by atoms with E-state index in [2.05, 4.69) is 11.8 Å². The fourth-order valence-corrected chi connectivity index (χ4v) is 3.74. The fourth-order valence-electron chi connectivity index (χ4n) is 3.74. The zero-order valence-corrected chi connectivity index (χ0v) is 13.5. The van der Waals surface area contributed by atoms with Crippen molar-refractivity contribution in [1.82, 2.24) is 4.90 Å². The molecule has 1 saturated carbocycles. The number of ether oxygens (including phenoxy) is 1. The van der Waals surface area contributed by atoms with E-state index in [1.807, 2.05) is 37.3 Å². The maximum Gasteiger partial charge on any atom is 0.409 e. The first-order chi connectivity index (χ1) is 11.1. The van der Waals surface area contributed by atoms with Gasteiger partial charge in [-0.1, -0.05) is 30.0 Å². The molecule has 122 valence electrons. The third-order valence-electron chi connectivity index (χ3n) is 4.91. The number of hydrogen-bond acceptors (Lipinski definition) is 3. The highest BCUT2D eigenvalue weighted by molar-refractivity contribution is 5.68. The van der Waals surface area contributed by atoms with Crippen molar-refractivity contribution in [3.05, 3.63) is 35.9 Å². The number of aliphatic hydroxyl groups is 1. The summed E-state index contributed by atoms with van der Waals surface area (Å²) in [6, 6.07) is 9.71. The number of carbonyl (C=O) groups is 1. The van der Waals surface area contributed by atoms with E-state index in [1.165, 1.54) is 0 Å². The lowest BCUT2D eigenvalue weighted by atomic mass is 9.71. The molecule has 4 heteroatoms. The normalized spacial score (nSPS) is 29.4. The second-order valence-corrected chi connectivity index (χ2v) is 6.40. The van der Waals surface area contributed by atoms with Crippen LogP contribution in [-0.4, -0.2) is 41.4 Å². The minimum Gasteiger partial charge on any atom is -0.450 e. The standard InChI is InChI=1S/C19H23NO3/c1-2-23-18(21)20-13-16-9-6-11-19(22,17(16)14-20)12-10-15-7-4-3-5-8-15/h3-5,7-8,16-17,22H,2,6,9,11,13-14H2,1H3. The Kier molecular flexibility index (Phi) is 4.58. The zero-order chi connectivity index (χ0) is 16.3. The summed E-state index contributed by atoms with van der Waals surface area (Å²) < 4.78 is 5.10. The third kappa shape index (κ3) is 3.35. The van der Waals surface area contributed by atoms with Crippen molar-refractivity contribution in [2.75, 3.05) is 19.7 Å². The maximum absolute atomic E-state index is 12.0. The smallest absolute Gasteiger partial charge is 0.409 e. The van der Waals surface area contributed by atoms with Gasteiger partial charge < -0.3 is 14.7 Å². The summed E-state index contributed by atoms with van der Waals surface area (Å²) >= 11 is 0. The Morgan fingerprint density at radius 3 is 2.91 bits per heavy atom. The lowest BCUT2D eigenvalue weighted by molar-refractivity contribution is -0.00794. The third-order valence-corrected chi connectivity index (χ3v) is 4.91. The van der Waals surface area contributed by atoms with E-state index in [9.17, 15) is 9.90 Å². The Balaban J connectivity index is 1.77. The monoisotopic (exact) mass is 313 g/mol. The van der Waals surface area contributed by atoms with Crippen LogP contribution in [0.4, 0.5) is 4.79 Å². The lowest BCUT2D eigenvalue weighted by Gasteiger charge is -2.37. The highest BCUT2D eigenvalue weighted by Gasteiger charge is 2.49. The molecule has 4 nitrogen and oxygen atoms in total. The molecule has 1 aliphatic heterocycles. The topological polar surface area (TPSA) is 49.8 Å². The fraction of sp³-hybridized carbons (Fsp3) is 0.526. The summed E-state index contributed by atoms with van der Waals surface area (Å²) in [5.41, 5.74) is -0.108. The molecule has 0 spiro atoms. The van der Waals surface area contributed by atoms with E-state index in [0.717, 1.165) is 18.4 Å². The van der Waals surface area contributed by atoms with Gasteiger partial charge in [0, 0.05) is 24.6 Å². The SMILES string of the molecule is CCOC(=O)N1CC2CCCC(O)(C#Cc3ccccc3)C2C1. The van der Waals surface area contributed by atoms with Gasteiger partial charge >= 0.3 is 6.09 Å². The number of amides is 1. The largest absolute Gasteiger partial charge is 0.450 e. The molecule has 3 atom stereocenters. The van der Waals surface area contributed by atoms with E-state index >= 15 is 0 Å². The molecule has 0 aromatic heterocycles. The van der Waals surface area contributed by atoms with Crippen molar-refractivity contribution >= 4 is 6.09 Å². The first-order valence-electron chi connectivity index (χ1n) is 8.34. The molecule has 1 amide bonds. The zero-order valence-electron chi connectivity index (χ0n) is 13.5. The molecule has 1 aromatic rings. The second-order valence-electron chi connectivity index (χ2n) is 6.40. The van der Waals surface area contributed by atoms with Crippen LogP contribution in [0.2, 0.25) is 0 Å². The minimum atomic E-state index is -1.01. The molecule has 1 saturated heterocycles. The van der Waals surface area contributed by atoms with Gasteiger partial charge in [-0.25, -0.2) is 4.79 Å². The molecular weight excluding hydrogens is 290 g/mol. The van der Waals surface area contributed by atoms with Gasteiger partial charge in [0.15, 0.2) is 0 Å². The van der Waals surface area contributed by atoms with Gasteiger partial charge in [-0.15, -0.1) is 0 Å². The Morgan fingerprint density at radius 2 is 2.17 bits per heavy atom. The van der Waals surface area contributed by atoms with Crippen LogP contribution < -0.4 is 0 Å². The molecule has 1 heterocycles. The summed E-state index contributed by atoms with van der Waals surface area (Å²) in [7, 11) is 0. The number of rotatable bonds is 1. The van der Waals surface area contributed by atoms with Gasteiger partial charge in [-0.2, -0.15) is 0 Å². The number of hydrogen-bond donors (Lipinski definition) is 1. The van der Waals surface area contributed by atoms with Crippen molar-refractivity contribution in [2.45, 2.75) is 31.8 Å². The van der Waals surface area contributed by atoms with Crippen molar-refractivity contribution in [3.63, 3.8) is 0 Å². The average molecular weight is 313 g/mol. The Bertz CT molecular complexity index is 618. The van der Waals surface area contributed by atoms with Crippen molar-refractivity contribution in [2.24, 2.45) is 11.8 Å². The van der Waals surface area contributed by atoms with Gasteiger partial charge in [-0.3, -0.25) is 0 Å². The van der Waals surface area contributed by atoms with E-state index in [1.54, 1.807) is 4.90 Å². The number of fused-ring (bicyclic) bond motifs is 1. The van der Waals surface area contributed by atoms with Gasteiger partial charge in [0.1, 0.15) is 5.60 Å². The number of nitrogens with zero attached hydrogens (tertiary/aromatic N) is 1. The maximum atomic E-state index is 12.0. The molecule has 1 N–H and O–H groups in total. The van der Waals surface area contributed by atoms with Crippen LogP contribution in [0.25, 0.3) is 0 Å². The van der Waals surface area contributed by atoms with Gasteiger partial charge in [0.2, 0.25) is 0 Å². The molecule has 0 radical (unpaired) electrons. The average Bonchev–Trinajstić information content (AvgIpc) is 3.01. The Morgan fingerprint density at radius 1 is 1.39 bits per heavy atom. The van der Waals surface area contributed by atoms with Crippen molar-refractivity contribution < 1.29 is 14.6 Å². The van der Waals surface area contributed by atoms with Gasteiger partial charge in [0.05, 0.1) is 6.61 Å². The number of benzene rings is 1. The number of likely N-dealkylation sites (tertiary alicyclic amines) is 1.